The fraction of sp³-hybridized carbons (Fsp3) is 0.375. The second-order valence-electron chi connectivity index (χ2n) is 5.82. The molecule has 1 aromatic carbocycles. The topological polar surface area (TPSA) is 75.6 Å². The number of carboxylic acid groups (broad SMARTS) is 1. The minimum atomic E-state index is -1.00. The first-order chi connectivity index (χ1) is 9.90. The first-order valence-corrected chi connectivity index (χ1v) is 6.88. The summed E-state index contributed by atoms with van der Waals surface area (Å²) in [5.41, 5.74) is 0.905. The summed E-state index contributed by atoms with van der Waals surface area (Å²) >= 11 is 0. The Morgan fingerprint density at radius 2 is 1.95 bits per heavy atom. The minimum absolute atomic E-state index is 0.319. The number of carbonyl (C=O) groups is 2. The summed E-state index contributed by atoms with van der Waals surface area (Å²) in [7, 11) is 0. The van der Waals surface area contributed by atoms with Crippen LogP contribution in [-0.4, -0.2) is 28.7 Å². The van der Waals surface area contributed by atoms with E-state index in [9.17, 15) is 14.7 Å². The fourth-order valence-electron chi connectivity index (χ4n) is 3.14. The van der Waals surface area contributed by atoms with Crippen molar-refractivity contribution in [2.24, 2.45) is 11.8 Å². The van der Waals surface area contributed by atoms with Crippen molar-refractivity contribution < 1.29 is 19.4 Å². The van der Waals surface area contributed by atoms with Crippen LogP contribution in [0.3, 0.4) is 0 Å². The van der Waals surface area contributed by atoms with Gasteiger partial charge >= 0.3 is 5.97 Å². The van der Waals surface area contributed by atoms with Crippen LogP contribution in [0.4, 0.5) is 5.69 Å². The molecule has 4 atom stereocenters. The maximum Gasteiger partial charge on any atom is 0.310 e. The molecule has 0 aromatic heterocycles. The van der Waals surface area contributed by atoms with Crippen molar-refractivity contribution in [3.05, 3.63) is 42.0 Å². The van der Waals surface area contributed by atoms with Gasteiger partial charge in [-0.15, -0.1) is 0 Å². The van der Waals surface area contributed by atoms with Gasteiger partial charge in [-0.05, 0) is 26.0 Å². The van der Waals surface area contributed by atoms with Crippen LogP contribution in [0.5, 0.6) is 0 Å². The number of fused-ring (bicyclic) bond motifs is 2. The summed E-state index contributed by atoms with van der Waals surface area (Å²) in [6.07, 6.45) is 2.99. The zero-order valence-electron chi connectivity index (χ0n) is 11.9. The van der Waals surface area contributed by atoms with Crippen molar-refractivity contribution in [1.82, 2.24) is 0 Å². The summed E-state index contributed by atoms with van der Waals surface area (Å²) in [6, 6.07) is 7.39. The van der Waals surface area contributed by atoms with Gasteiger partial charge in [0.15, 0.2) is 0 Å². The third-order valence-corrected chi connectivity index (χ3v) is 4.22. The molecule has 1 saturated heterocycles. The van der Waals surface area contributed by atoms with E-state index in [1.807, 2.05) is 19.1 Å². The lowest BCUT2D eigenvalue weighted by Crippen LogP contribution is -2.44. The van der Waals surface area contributed by atoms with Gasteiger partial charge in [0.25, 0.3) is 0 Å². The fourth-order valence-corrected chi connectivity index (χ4v) is 3.14. The van der Waals surface area contributed by atoms with Gasteiger partial charge in [-0.3, -0.25) is 9.59 Å². The maximum absolute atomic E-state index is 12.5. The summed E-state index contributed by atoms with van der Waals surface area (Å²) in [5, 5.41) is 12.2. The first kappa shape index (κ1) is 13.8. The molecular formula is C16H17NO4. The van der Waals surface area contributed by atoms with Crippen LogP contribution in [0.1, 0.15) is 12.5 Å². The molecule has 1 amide bonds. The summed E-state index contributed by atoms with van der Waals surface area (Å²) in [6.45, 7) is 3.72. The highest BCUT2D eigenvalue weighted by Crippen LogP contribution is 2.47. The molecule has 0 radical (unpaired) electrons. The zero-order valence-corrected chi connectivity index (χ0v) is 11.9. The van der Waals surface area contributed by atoms with Gasteiger partial charge in [0.05, 0.1) is 17.6 Å². The SMILES string of the molecule is Cc1ccc(NC(=O)[C@@H]2[C@H](C(=O)O)[C@H]3C=C[C@@]2(C)O3)cc1. The summed E-state index contributed by atoms with van der Waals surface area (Å²) < 4.78 is 5.67. The lowest BCUT2D eigenvalue weighted by molar-refractivity contribution is -0.146. The molecule has 0 aliphatic carbocycles. The van der Waals surface area contributed by atoms with E-state index >= 15 is 0 Å². The molecular weight excluding hydrogens is 270 g/mol. The molecule has 5 nitrogen and oxygen atoms in total. The normalized spacial score (nSPS) is 33.1. The molecule has 21 heavy (non-hydrogen) atoms. The molecule has 2 heterocycles. The lowest BCUT2D eigenvalue weighted by atomic mass is 9.75. The first-order valence-electron chi connectivity index (χ1n) is 6.88. The second-order valence-corrected chi connectivity index (χ2v) is 5.82. The molecule has 0 saturated carbocycles. The highest BCUT2D eigenvalue weighted by molar-refractivity contribution is 5.97. The average Bonchev–Trinajstić information content (AvgIpc) is 2.94. The molecule has 2 aliphatic heterocycles. The van der Waals surface area contributed by atoms with Gasteiger partial charge in [0, 0.05) is 5.69 Å². The highest BCUT2D eigenvalue weighted by atomic mass is 16.5. The number of rotatable bonds is 3. The Balaban J connectivity index is 1.84. The van der Waals surface area contributed by atoms with Crippen molar-refractivity contribution in [2.45, 2.75) is 25.6 Å². The van der Waals surface area contributed by atoms with Crippen LogP contribution in [0.2, 0.25) is 0 Å². The Morgan fingerprint density at radius 1 is 1.29 bits per heavy atom. The maximum atomic E-state index is 12.5. The standard InChI is InChI=1S/C16H17NO4/c1-9-3-5-10(6-4-9)17-14(18)13-12(15(19)20)11-7-8-16(13,2)21-11/h3-8,11-13H,1-2H3,(H,17,18)(H,19,20)/t11-,12-,13+,16-/m1/s1. The number of hydrogen-bond acceptors (Lipinski definition) is 3. The Morgan fingerprint density at radius 3 is 2.57 bits per heavy atom. The Kier molecular flexibility index (Phi) is 3.10. The molecule has 110 valence electrons. The summed E-state index contributed by atoms with van der Waals surface area (Å²) in [5.74, 6) is -2.89. The smallest absolute Gasteiger partial charge is 0.310 e. The van der Waals surface area contributed by atoms with Crippen LogP contribution >= 0.6 is 0 Å². The molecule has 0 spiro atoms. The third kappa shape index (κ3) is 2.23. The molecule has 5 heteroatoms. The monoisotopic (exact) mass is 287 g/mol. The van der Waals surface area contributed by atoms with Crippen LogP contribution < -0.4 is 5.32 Å². The quantitative estimate of drug-likeness (QED) is 0.833. The minimum Gasteiger partial charge on any atom is -0.481 e. The molecule has 0 unspecified atom stereocenters. The van der Waals surface area contributed by atoms with Gasteiger partial charge in [-0.25, -0.2) is 0 Å². The predicted octanol–water partition coefficient (Wildman–Crippen LogP) is 1.98. The average molecular weight is 287 g/mol. The number of benzene rings is 1. The predicted molar refractivity (Wildman–Crippen MR) is 76.8 cm³/mol. The van der Waals surface area contributed by atoms with E-state index in [1.165, 1.54) is 0 Å². The van der Waals surface area contributed by atoms with Gasteiger partial charge in [-0.1, -0.05) is 29.8 Å². The second kappa shape index (κ2) is 4.70. The largest absolute Gasteiger partial charge is 0.481 e. The number of carbonyl (C=O) groups excluding carboxylic acids is 1. The molecule has 2 bridgehead atoms. The van der Waals surface area contributed by atoms with Gasteiger partial charge < -0.3 is 15.2 Å². The van der Waals surface area contributed by atoms with E-state index in [1.54, 1.807) is 31.2 Å². The highest BCUT2D eigenvalue weighted by Gasteiger charge is 2.59. The van der Waals surface area contributed by atoms with E-state index in [0.717, 1.165) is 5.56 Å². The van der Waals surface area contributed by atoms with E-state index in [2.05, 4.69) is 5.32 Å². The third-order valence-electron chi connectivity index (χ3n) is 4.22. The van der Waals surface area contributed by atoms with Crippen molar-refractivity contribution >= 4 is 17.6 Å². The Labute approximate surface area is 122 Å². The van der Waals surface area contributed by atoms with Crippen LogP contribution in [-0.2, 0) is 14.3 Å². The van der Waals surface area contributed by atoms with Crippen LogP contribution in [0.25, 0.3) is 0 Å². The Bertz CT molecular complexity index is 622. The van der Waals surface area contributed by atoms with Crippen molar-refractivity contribution in [2.75, 3.05) is 5.32 Å². The van der Waals surface area contributed by atoms with Crippen LogP contribution in [0.15, 0.2) is 36.4 Å². The van der Waals surface area contributed by atoms with Crippen molar-refractivity contribution in [3.8, 4) is 0 Å². The number of aliphatic carboxylic acids is 1. The summed E-state index contributed by atoms with van der Waals surface area (Å²) in [4.78, 5) is 24.0. The number of aryl methyl sites for hydroxylation is 1. The van der Waals surface area contributed by atoms with Gasteiger partial charge in [-0.2, -0.15) is 0 Å². The van der Waals surface area contributed by atoms with Crippen molar-refractivity contribution in [3.63, 3.8) is 0 Å². The lowest BCUT2D eigenvalue weighted by Gasteiger charge is -2.27. The Hall–Kier alpha value is -2.14. The molecule has 1 fully saturated rings. The molecule has 2 aliphatic rings. The van der Waals surface area contributed by atoms with E-state index in [-0.39, 0.29) is 5.91 Å². The number of ether oxygens (including phenoxy) is 1. The van der Waals surface area contributed by atoms with Crippen molar-refractivity contribution in [1.29, 1.82) is 0 Å². The van der Waals surface area contributed by atoms with E-state index in [4.69, 9.17) is 4.74 Å². The van der Waals surface area contributed by atoms with Gasteiger partial charge in [0.1, 0.15) is 5.92 Å². The van der Waals surface area contributed by atoms with E-state index in [0.29, 0.717) is 5.69 Å². The number of carboxylic acids is 1. The molecule has 2 N–H and O–H groups in total. The number of amides is 1. The van der Waals surface area contributed by atoms with Crippen LogP contribution in [0, 0.1) is 18.8 Å². The zero-order chi connectivity index (χ0) is 15.2. The van der Waals surface area contributed by atoms with E-state index < -0.39 is 29.5 Å². The number of nitrogens with one attached hydrogen (secondary N) is 1. The molecule has 3 rings (SSSR count). The van der Waals surface area contributed by atoms with Gasteiger partial charge in [0.2, 0.25) is 5.91 Å². The number of anilines is 1. The number of hydrogen-bond donors (Lipinski definition) is 2. The molecule has 1 aromatic rings.